The number of aliphatic hydroxyl groups is 1. The van der Waals surface area contributed by atoms with E-state index in [1.54, 1.807) is 11.3 Å². The number of carbonyl (C=O) groups is 1. The minimum absolute atomic E-state index is 0.0298. The van der Waals surface area contributed by atoms with Crippen molar-refractivity contribution in [1.29, 1.82) is 0 Å². The predicted octanol–water partition coefficient (Wildman–Crippen LogP) is 3.70. The molecule has 2 atom stereocenters. The average Bonchev–Trinajstić information content (AvgIpc) is 3.43. The Labute approximate surface area is 175 Å². The first-order valence-corrected chi connectivity index (χ1v) is 10.5. The van der Waals surface area contributed by atoms with E-state index in [-0.39, 0.29) is 24.6 Å². The van der Waals surface area contributed by atoms with Crippen molar-refractivity contribution in [2.75, 3.05) is 19.7 Å². The van der Waals surface area contributed by atoms with Gasteiger partial charge in [-0.1, -0.05) is 23.7 Å². The molecule has 0 aliphatic carbocycles. The van der Waals surface area contributed by atoms with Gasteiger partial charge in [-0.15, -0.1) is 0 Å². The summed E-state index contributed by atoms with van der Waals surface area (Å²) in [4.78, 5) is 15.6. The van der Waals surface area contributed by atoms with E-state index in [9.17, 15) is 9.90 Å². The average molecular weight is 416 g/mol. The number of aliphatic hydroxyl groups excluding tert-OH is 1. The van der Waals surface area contributed by atoms with Gasteiger partial charge in [0, 0.05) is 18.1 Å². The summed E-state index contributed by atoms with van der Waals surface area (Å²) in [5, 5.41) is 16.3. The third kappa shape index (κ3) is 4.25. The molecule has 2 aliphatic heterocycles. The van der Waals surface area contributed by atoms with Crippen molar-refractivity contribution in [2.45, 2.75) is 38.3 Å². The predicted molar refractivity (Wildman–Crippen MR) is 112 cm³/mol. The summed E-state index contributed by atoms with van der Waals surface area (Å²) in [7, 11) is 0. The highest BCUT2D eigenvalue weighted by Crippen LogP contribution is 2.34. The summed E-state index contributed by atoms with van der Waals surface area (Å²) < 4.78 is 5.63. The molecule has 1 aromatic heterocycles. The van der Waals surface area contributed by atoms with Crippen molar-refractivity contribution >= 4 is 23.2 Å². The number of likely N-dealkylation sites (tertiary alicyclic amines) is 1. The summed E-state index contributed by atoms with van der Waals surface area (Å²) in [5.74, 6) is 1.04. The van der Waals surface area contributed by atoms with Crippen LogP contribution in [0.4, 0.5) is 0 Å². The number of benzene rings is 1. The van der Waals surface area contributed by atoms with Crippen molar-refractivity contribution < 1.29 is 14.3 Å². The molecular formula is C22H26ClN3O3. The lowest BCUT2D eigenvalue weighted by atomic mass is 9.96. The molecule has 0 spiro atoms. The van der Waals surface area contributed by atoms with Crippen molar-refractivity contribution in [3.05, 3.63) is 59.0 Å². The maximum atomic E-state index is 13.4. The van der Waals surface area contributed by atoms with Crippen LogP contribution < -0.4 is 0 Å². The molecule has 0 saturated carbocycles. The van der Waals surface area contributed by atoms with E-state index < -0.39 is 0 Å². The van der Waals surface area contributed by atoms with Gasteiger partial charge in [0.15, 0.2) is 0 Å². The third-order valence-electron chi connectivity index (χ3n) is 6.00. The number of hydrazone groups is 1. The number of nitrogens with zero attached hydrogens (tertiary/aromatic N) is 3. The van der Waals surface area contributed by atoms with Gasteiger partial charge >= 0.3 is 0 Å². The number of halogens is 1. The van der Waals surface area contributed by atoms with Crippen LogP contribution in [-0.2, 0) is 4.79 Å². The Kier molecular flexibility index (Phi) is 6.04. The summed E-state index contributed by atoms with van der Waals surface area (Å²) in [5.41, 5.74) is 1.81. The summed E-state index contributed by atoms with van der Waals surface area (Å²) in [6.07, 6.45) is 4.05. The zero-order chi connectivity index (χ0) is 20.4. The van der Waals surface area contributed by atoms with Gasteiger partial charge in [0.2, 0.25) is 0 Å². The fourth-order valence-corrected chi connectivity index (χ4v) is 4.23. The van der Waals surface area contributed by atoms with E-state index in [0.717, 1.165) is 43.0 Å². The maximum Gasteiger partial charge on any atom is 0.260 e. The van der Waals surface area contributed by atoms with Crippen molar-refractivity contribution in [3.63, 3.8) is 0 Å². The topological polar surface area (TPSA) is 69.3 Å². The second-order valence-corrected chi connectivity index (χ2v) is 8.25. The molecule has 1 N–H and O–H groups in total. The summed E-state index contributed by atoms with van der Waals surface area (Å²) in [6.45, 7) is 3.78. The van der Waals surface area contributed by atoms with Gasteiger partial charge in [-0.25, -0.2) is 5.01 Å². The number of hydrogen-bond acceptors (Lipinski definition) is 5. The largest absolute Gasteiger partial charge is 0.467 e. The molecule has 2 aromatic rings. The zero-order valence-electron chi connectivity index (χ0n) is 16.5. The van der Waals surface area contributed by atoms with Crippen molar-refractivity contribution in [3.8, 4) is 0 Å². The van der Waals surface area contributed by atoms with E-state index in [2.05, 4.69) is 4.90 Å². The van der Waals surface area contributed by atoms with Crippen LogP contribution in [0.2, 0.25) is 5.02 Å². The normalized spacial score (nSPS) is 22.0. The second-order valence-electron chi connectivity index (χ2n) is 7.81. The Morgan fingerprint density at radius 1 is 1.28 bits per heavy atom. The van der Waals surface area contributed by atoms with Gasteiger partial charge in [0.1, 0.15) is 11.8 Å². The lowest BCUT2D eigenvalue weighted by Gasteiger charge is -2.36. The molecule has 4 rings (SSSR count). The molecule has 3 heterocycles. The van der Waals surface area contributed by atoms with E-state index in [1.807, 2.05) is 43.3 Å². The fraction of sp³-hybridized carbons (Fsp3) is 0.455. The van der Waals surface area contributed by atoms with Gasteiger partial charge in [0.25, 0.3) is 5.91 Å². The number of piperidine rings is 1. The van der Waals surface area contributed by atoms with Gasteiger partial charge in [-0.05, 0) is 68.6 Å². The first-order chi connectivity index (χ1) is 14.1. The third-order valence-corrected chi connectivity index (χ3v) is 6.25. The van der Waals surface area contributed by atoms with Crippen LogP contribution in [0, 0.1) is 5.92 Å². The number of carbonyl (C=O) groups excluding carboxylic acids is 1. The smallest absolute Gasteiger partial charge is 0.260 e. The number of rotatable bonds is 5. The second kappa shape index (κ2) is 8.69. The zero-order valence-corrected chi connectivity index (χ0v) is 17.3. The lowest BCUT2D eigenvalue weighted by molar-refractivity contribution is -0.139. The molecular weight excluding hydrogens is 390 g/mol. The number of hydrogen-bond donors (Lipinski definition) is 1. The van der Waals surface area contributed by atoms with E-state index >= 15 is 0 Å². The molecule has 2 aliphatic rings. The van der Waals surface area contributed by atoms with Crippen LogP contribution >= 0.6 is 11.6 Å². The van der Waals surface area contributed by atoms with Crippen LogP contribution in [-0.4, -0.2) is 52.4 Å². The van der Waals surface area contributed by atoms with E-state index in [1.165, 1.54) is 0 Å². The molecule has 7 heteroatoms. The van der Waals surface area contributed by atoms with Crippen LogP contribution in [0.3, 0.4) is 0 Å². The van der Waals surface area contributed by atoms with E-state index in [4.69, 9.17) is 21.1 Å². The minimum atomic E-state index is -0.277. The Hall–Kier alpha value is -2.15. The Morgan fingerprint density at radius 3 is 2.62 bits per heavy atom. The number of furan rings is 1. The quantitative estimate of drug-likeness (QED) is 0.808. The fourth-order valence-electron chi connectivity index (χ4n) is 4.10. The highest BCUT2D eigenvalue weighted by molar-refractivity contribution is 6.30. The standard InChI is InChI=1S/C22H26ClN3O3/c1-15(25-10-8-16(14-27)9-11-25)22(28)26-20(21-3-2-12-29-21)13-19(24-26)17-4-6-18(23)7-5-17/h2-7,12,15-16,20,27H,8-11,13-14H2,1H3. The van der Waals surface area contributed by atoms with Crippen LogP contribution in [0.15, 0.2) is 52.2 Å². The van der Waals surface area contributed by atoms with Crippen LogP contribution in [0.25, 0.3) is 0 Å². The molecule has 154 valence electrons. The molecule has 2 unspecified atom stereocenters. The Morgan fingerprint density at radius 2 is 2.00 bits per heavy atom. The summed E-state index contributed by atoms with van der Waals surface area (Å²) >= 11 is 6.02. The molecule has 6 nitrogen and oxygen atoms in total. The molecule has 0 radical (unpaired) electrons. The Balaban J connectivity index is 1.56. The molecule has 1 aromatic carbocycles. The van der Waals surface area contributed by atoms with Crippen LogP contribution in [0.1, 0.15) is 43.6 Å². The first kappa shape index (κ1) is 20.1. The number of amides is 1. The van der Waals surface area contributed by atoms with Gasteiger partial charge < -0.3 is 9.52 Å². The van der Waals surface area contributed by atoms with Crippen LogP contribution in [0.5, 0.6) is 0 Å². The molecule has 1 amide bonds. The SMILES string of the molecule is CC(C(=O)N1N=C(c2ccc(Cl)cc2)CC1c1ccco1)N1CCC(CO)CC1. The molecule has 29 heavy (non-hydrogen) atoms. The van der Waals surface area contributed by atoms with Gasteiger partial charge in [-0.3, -0.25) is 9.69 Å². The molecule has 0 bridgehead atoms. The monoisotopic (exact) mass is 415 g/mol. The van der Waals surface area contributed by atoms with Gasteiger partial charge in [-0.2, -0.15) is 5.10 Å². The highest BCUT2D eigenvalue weighted by Gasteiger charge is 2.38. The molecule has 1 saturated heterocycles. The first-order valence-electron chi connectivity index (χ1n) is 10.1. The lowest BCUT2D eigenvalue weighted by Crippen LogP contribution is -2.48. The van der Waals surface area contributed by atoms with Crippen molar-refractivity contribution in [2.24, 2.45) is 11.0 Å². The molecule has 1 fully saturated rings. The summed E-state index contributed by atoms with van der Waals surface area (Å²) in [6, 6.07) is 10.7. The minimum Gasteiger partial charge on any atom is -0.467 e. The van der Waals surface area contributed by atoms with Crippen molar-refractivity contribution in [1.82, 2.24) is 9.91 Å². The Bertz CT molecular complexity index is 858. The van der Waals surface area contributed by atoms with Gasteiger partial charge in [0.05, 0.1) is 18.0 Å². The highest BCUT2D eigenvalue weighted by atomic mass is 35.5. The van der Waals surface area contributed by atoms with E-state index in [0.29, 0.717) is 17.4 Å². The maximum absolute atomic E-state index is 13.4.